The molecule has 0 saturated carbocycles. The molecule has 3 nitrogen and oxygen atoms in total. The number of nitrogens with zero attached hydrogens (tertiary/aromatic N) is 2. The number of unbranched alkanes of at least 4 members (excludes halogenated alkanes) is 5. The largest absolute Gasteiger partial charge is 0.418 e. The minimum Gasteiger partial charge on any atom is -0.374 e. The van der Waals surface area contributed by atoms with Crippen LogP contribution in [-0.2, 0) is 12.6 Å². The van der Waals surface area contributed by atoms with E-state index < -0.39 is 11.7 Å². The Morgan fingerprint density at radius 1 is 0.970 bits per heavy atom. The van der Waals surface area contributed by atoms with Crippen molar-refractivity contribution in [1.29, 1.82) is 0 Å². The molecule has 0 spiro atoms. The summed E-state index contributed by atoms with van der Waals surface area (Å²) >= 11 is 1.39. The summed E-state index contributed by atoms with van der Waals surface area (Å²) in [5.74, 6) is 0. The van der Waals surface area contributed by atoms with Crippen molar-refractivity contribution >= 4 is 27.8 Å². The van der Waals surface area contributed by atoms with Gasteiger partial charge in [0, 0.05) is 36.8 Å². The summed E-state index contributed by atoms with van der Waals surface area (Å²) < 4.78 is 41.5. The van der Waals surface area contributed by atoms with E-state index in [1.54, 1.807) is 24.1 Å². The minimum absolute atomic E-state index is 0.213. The van der Waals surface area contributed by atoms with E-state index in [1.807, 2.05) is 35.7 Å². The third-order valence-corrected chi connectivity index (χ3v) is 6.40. The van der Waals surface area contributed by atoms with E-state index in [0.29, 0.717) is 23.8 Å². The van der Waals surface area contributed by atoms with Crippen LogP contribution < -0.4 is 10.2 Å². The zero-order valence-corrected chi connectivity index (χ0v) is 20.1. The Balaban J connectivity index is 1.65. The van der Waals surface area contributed by atoms with Crippen LogP contribution >= 0.6 is 11.3 Å². The second-order valence-electron chi connectivity index (χ2n) is 8.35. The number of alkyl halides is 3. The Morgan fingerprint density at radius 3 is 2.42 bits per heavy atom. The highest BCUT2D eigenvalue weighted by molar-refractivity contribution is 7.13. The third kappa shape index (κ3) is 7.77. The number of thiazole rings is 1. The third-order valence-electron chi connectivity index (χ3n) is 5.59. The fourth-order valence-electron chi connectivity index (χ4n) is 3.80. The Bertz CT molecular complexity index is 986. The Kier molecular flexibility index (Phi) is 9.18. The van der Waals surface area contributed by atoms with Gasteiger partial charge >= 0.3 is 6.18 Å². The van der Waals surface area contributed by atoms with Crippen molar-refractivity contribution in [2.75, 3.05) is 23.8 Å². The van der Waals surface area contributed by atoms with Crippen molar-refractivity contribution in [3.8, 4) is 0 Å². The van der Waals surface area contributed by atoms with Crippen LogP contribution in [0.5, 0.6) is 0 Å². The van der Waals surface area contributed by atoms with Crippen LogP contribution in [0.4, 0.5) is 29.7 Å². The maximum atomic E-state index is 13.8. The summed E-state index contributed by atoms with van der Waals surface area (Å²) in [6.07, 6.45) is 2.93. The van der Waals surface area contributed by atoms with Gasteiger partial charge in [-0.15, -0.1) is 11.3 Å². The lowest BCUT2D eigenvalue weighted by Crippen LogP contribution is -2.22. The number of aromatic nitrogens is 1. The fraction of sp³-hybridized carbons (Fsp3) is 0.423. The average Bonchev–Trinajstić information content (AvgIpc) is 3.22. The molecule has 0 radical (unpaired) electrons. The van der Waals surface area contributed by atoms with Crippen LogP contribution in [0.1, 0.15) is 62.3 Å². The van der Waals surface area contributed by atoms with Crippen molar-refractivity contribution < 1.29 is 13.2 Å². The zero-order valence-electron chi connectivity index (χ0n) is 19.3. The highest BCUT2D eigenvalue weighted by atomic mass is 32.1. The second-order valence-corrected chi connectivity index (χ2v) is 9.21. The standard InChI is InChI=1S/C26H32F3N3S/c1-3-4-5-6-7-11-16-32(2)24-15-14-21(18-23(24)26(27,28)29)30-25-31-22(19-33-25)17-20-12-9-8-10-13-20/h8-10,12-15,18-19H,3-7,11,16-17H2,1-2H3,(H,30,31). The summed E-state index contributed by atoms with van der Waals surface area (Å²) in [5.41, 5.74) is 2.01. The molecule has 1 N–H and O–H groups in total. The molecule has 0 amide bonds. The molecular formula is C26H32F3N3S. The number of hydrogen-bond acceptors (Lipinski definition) is 4. The molecule has 0 saturated heterocycles. The summed E-state index contributed by atoms with van der Waals surface area (Å²) in [6.45, 7) is 2.78. The van der Waals surface area contributed by atoms with Crippen LogP contribution in [-0.4, -0.2) is 18.6 Å². The van der Waals surface area contributed by atoms with Gasteiger partial charge in [0.1, 0.15) is 0 Å². The van der Waals surface area contributed by atoms with Crippen molar-refractivity contribution in [1.82, 2.24) is 4.98 Å². The number of halogens is 3. The minimum atomic E-state index is -4.43. The Labute approximate surface area is 198 Å². The van der Waals surface area contributed by atoms with Gasteiger partial charge in [0.25, 0.3) is 0 Å². The maximum absolute atomic E-state index is 13.8. The van der Waals surface area contributed by atoms with Crippen LogP contribution in [0.25, 0.3) is 0 Å². The summed E-state index contributed by atoms with van der Waals surface area (Å²) in [7, 11) is 1.74. The number of anilines is 3. The molecule has 0 unspecified atom stereocenters. The van der Waals surface area contributed by atoms with E-state index in [4.69, 9.17) is 0 Å². The van der Waals surface area contributed by atoms with Gasteiger partial charge in [-0.2, -0.15) is 13.2 Å². The van der Waals surface area contributed by atoms with Crippen molar-refractivity contribution in [3.05, 3.63) is 70.7 Å². The second kappa shape index (κ2) is 12.1. The Hall–Kier alpha value is -2.54. The predicted molar refractivity (Wildman–Crippen MR) is 133 cm³/mol. The first-order valence-corrected chi connectivity index (χ1v) is 12.4. The van der Waals surface area contributed by atoms with Crippen LogP contribution in [0.15, 0.2) is 53.9 Å². The molecule has 2 aromatic carbocycles. The van der Waals surface area contributed by atoms with Crippen molar-refractivity contribution in [2.24, 2.45) is 0 Å². The molecule has 0 bridgehead atoms. The van der Waals surface area contributed by atoms with E-state index in [-0.39, 0.29) is 5.69 Å². The van der Waals surface area contributed by atoms with Gasteiger partial charge in [0.15, 0.2) is 5.13 Å². The lowest BCUT2D eigenvalue weighted by molar-refractivity contribution is -0.137. The molecule has 0 aliphatic rings. The first kappa shape index (κ1) is 25.1. The molecule has 3 rings (SSSR count). The van der Waals surface area contributed by atoms with E-state index in [9.17, 15) is 13.2 Å². The van der Waals surface area contributed by atoms with Gasteiger partial charge in [0.2, 0.25) is 0 Å². The van der Waals surface area contributed by atoms with Crippen molar-refractivity contribution in [3.63, 3.8) is 0 Å². The van der Waals surface area contributed by atoms with Gasteiger partial charge in [-0.25, -0.2) is 4.98 Å². The highest BCUT2D eigenvalue weighted by Gasteiger charge is 2.34. The van der Waals surface area contributed by atoms with Gasteiger partial charge in [-0.05, 0) is 30.2 Å². The molecule has 33 heavy (non-hydrogen) atoms. The predicted octanol–water partition coefficient (Wildman–Crippen LogP) is 8.29. The van der Waals surface area contributed by atoms with Crippen LogP contribution in [0.3, 0.4) is 0 Å². The fourth-order valence-corrected chi connectivity index (χ4v) is 4.53. The molecule has 1 aromatic heterocycles. The molecular weight excluding hydrogens is 443 g/mol. The maximum Gasteiger partial charge on any atom is 0.418 e. The number of nitrogens with one attached hydrogen (secondary N) is 1. The molecule has 0 atom stereocenters. The molecule has 1 heterocycles. The van der Waals surface area contributed by atoms with E-state index in [0.717, 1.165) is 30.5 Å². The molecule has 0 aliphatic carbocycles. The van der Waals surface area contributed by atoms with Gasteiger partial charge in [-0.3, -0.25) is 0 Å². The van der Waals surface area contributed by atoms with E-state index in [1.165, 1.54) is 36.7 Å². The number of benzene rings is 2. The normalized spacial score (nSPS) is 11.5. The summed E-state index contributed by atoms with van der Waals surface area (Å²) in [5, 5.41) is 5.57. The van der Waals surface area contributed by atoms with Gasteiger partial charge in [0.05, 0.1) is 11.3 Å². The van der Waals surface area contributed by atoms with Gasteiger partial charge < -0.3 is 10.2 Å². The molecule has 0 fully saturated rings. The number of rotatable bonds is 12. The first-order valence-electron chi connectivity index (χ1n) is 11.5. The molecule has 178 valence electrons. The van der Waals surface area contributed by atoms with Gasteiger partial charge in [-0.1, -0.05) is 69.4 Å². The zero-order chi connectivity index (χ0) is 23.7. The average molecular weight is 476 g/mol. The first-order chi connectivity index (χ1) is 15.9. The molecule has 0 aliphatic heterocycles. The lowest BCUT2D eigenvalue weighted by atomic mass is 10.1. The monoisotopic (exact) mass is 475 g/mol. The van der Waals surface area contributed by atoms with Crippen LogP contribution in [0, 0.1) is 0 Å². The van der Waals surface area contributed by atoms with E-state index >= 15 is 0 Å². The summed E-state index contributed by atoms with van der Waals surface area (Å²) in [6, 6.07) is 14.4. The highest BCUT2D eigenvalue weighted by Crippen LogP contribution is 2.39. The quantitative estimate of drug-likeness (QED) is 0.267. The number of hydrogen-bond donors (Lipinski definition) is 1. The summed E-state index contributed by atoms with van der Waals surface area (Å²) in [4.78, 5) is 6.25. The molecule has 7 heteroatoms. The smallest absolute Gasteiger partial charge is 0.374 e. The molecule has 3 aromatic rings. The Morgan fingerprint density at radius 2 is 1.70 bits per heavy atom. The lowest BCUT2D eigenvalue weighted by Gasteiger charge is -2.24. The SMILES string of the molecule is CCCCCCCCN(C)c1ccc(Nc2nc(Cc3ccccc3)cs2)cc1C(F)(F)F. The van der Waals surface area contributed by atoms with Crippen molar-refractivity contribution in [2.45, 2.75) is 58.0 Å². The topological polar surface area (TPSA) is 28.2 Å². The van der Waals surface area contributed by atoms with E-state index in [2.05, 4.69) is 17.2 Å². The van der Waals surface area contributed by atoms with Crippen LogP contribution in [0.2, 0.25) is 0 Å².